The third kappa shape index (κ3) is 2.91. The van der Waals surface area contributed by atoms with E-state index in [2.05, 4.69) is 15.3 Å². The van der Waals surface area contributed by atoms with E-state index in [0.29, 0.717) is 0 Å². The van der Waals surface area contributed by atoms with E-state index >= 15 is 0 Å². The van der Waals surface area contributed by atoms with Crippen molar-refractivity contribution >= 4 is 11.9 Å². The monoisotopic (exact) mass is 343 g/mol. The number of fused-ring (bicyclic) bond motifs is 1. The fraction of sp³-hybridized carbons (Fsp3) is 0.357. The lowest BCUT2D eigenvalue weighted by Crippen LogP contribution is -2.25. The van der Waals surface area contributed by atoms with Crippen LogP contribution in [0.3, 0.4) is 0 Å². The van der Waals surface area contributed by atoms with Gasteiger partial charge in [-0.25, -0.2) is 9.97 Å². The standard InChI is InChI=1S/C14H13F4N5O/c15-3-1-9-11-7(12(24)21-9)5-10(23(11)6-14(16,17)18)8-2-4-20-13(19)22-8/h2,4-5,9H,1,3,6H2,(H,21,24)(H2,19,20,22). The van der Waals surface area contributed by atoms with Gasteiger partial charge in [0.25, 0.3) is 5.91 Å². The minimum absolute atomic E-state index is 0.0879. The van der Waals surface area contributed by atoms with Crippen LogP contribution in [0.4, 0.5) is 23.5 Å². The Bertz CT molecular complexity index is 786. The van der Waals surface area contributed by atoms with Gasteiger partial charge >= 0.3 is 6.18 Å². The van der Waals surface area contributed by atoms with Crippen molar-refractivity contribution in [1.29, 1.82) is 0 Å². The minimum atomic E-state index is -4.52. The van der Waals surface area contributed by atoms with Gasteiger partial charge in [0, 0.05) is 12.6 Å². The molecule has 0 saturated carbocycles. The molecule has 10 heteroatoms. The highest BCUT2D eigenvalue weighted by atomic mass is 19.4. The van der Waals surface area contributed by atoms with Gasteiger partial charge in [0.2, 0.25) is 5.95 Å². The van der Waals surface area contributed by atoms with Gasteiger partial charge in [0.05, 0.1) is 35.4 Å². The Balaban J connectivity index is 2.18. The number of amides is 1. The summed E-state index contributed by atoms with van der Waals surface area (Å²) in [6.07, 6.45) is -3.31. The number of nitrogen functional groups attached to an aromatic ring is 1. The van der Waals surface area contributed by atoms with Gasteiger partial charge in [0.1, 0.15) is 6.54 Å². The number of nitrogens with zero attached hydrogens (tertiary/aromatic N) is 3. The van der Waals surface area contributed by atoms with Crippen LogP contribution in [-0.2, 0) is 6.54 Å². The molecule has 0 radical (unpaired) electrons. The van der Waals surface area contributed by atoms with E-state index < -0.39 is 31.3 Å². The first kappa shape index (κ1) is 16.2. The maximum absolute atomic E-state index is 13.0. The first-order chi connectivity index (χ1) is 11.3. The smallest absolute Gasteiger partial charge is 0.368 e. The zero-order valence-corrected chi connectivity index (χ0v) is 12.3. The van der Waals surface area contributed by atoms with Gasteiger partial charge in [-0.05, 0) is 12.1 Å². The molecule has 1 unspecified atom stereocenters. The number of hydrogen-bond acceptors (Lipinski definition) is 4. The number of hydrogen-bond donors (Lipinski definition) is 2. The molecule has 3 N–H and O–H groups in total. The highest BCUT2D eigenvalue weighted by Gasteiger charge is 2.38. The number of carbonyl (C=O) groups excluding carboxylic acids is 1. The molecule has 0 spiro atoms. The summed E-state index contributed by atoms with van der Waals surface area (Å²) < 4.78 is 52.7. The first-order valence-corrected chi connectivity index (χ1v) is 7.06. The van der Waals surface area contributed by atoms with Crippen LogP contribution < -0.4 is 11.1 Å². The van der Waals surface area contributed by atoms with Gasteiger partial charge < -0.3 is 15.6 Å². The van der Waals surface area contributed by atoms with E-state index in [1.54, 1.807) is 0 Å². The molecule has 0 bridgehead atoms. The fourth-order valence-corrected chi connectivity index (χ4v) is 2.82. The Labute approximate surface area is 133 Å². The Morgan fingerprint density at radius 3 is 2.75 bits per heavy atom. The van der Waals surface area contributed by atoms with E-state index in [1.165, 1.54) is 18.3 Å². The summed E-state index contributed by atoms with van der Waals surface area (Å²) in [5.41, 5.74) is 5.93. The van der Waals surface area contributed by atoms with Crippen molar-refractivity contribution in [2.24, 2.45) is 0 Å². The van der Waals surface area contributed by atoms with Crippen LogP contribution in [-0.4, -0.2) is 33.3 Å². The summed E-state index contributed by atoms with van der Waals surface area (Å²) in [6, 6.07) is 1.90. The molecule has 2 aromatic rings. The van der Waals surface area contributed by atoms with Crippen molar-refractivity contribution in [2.75, 3.05) is 12.4 Å². The van der Waals surface area contributed by atoms with E-state index in [9.17, 15) is 22.4 Å². The molecule has 0 aromatic carbocycles. The van der Waals surface area contributed by atoms with Crippen molar-refractivity contribution in [3.05, 3.63) is 29.6 Å². The summed E-state index contributed by atoms with van der Waals surface area (Å²) >= 11 is 0. The van der Waals surface area contributed by atoms with Crippen molar-refractivity contribution in [3.63, 3.8) is 0 Å². The molecule has 1 aliphatic heterocycles. The van der Waals surface area contributed by atoms with Gasteiger partial charge in [0.15, 0.2) is 0 Å². The van der Waals surface area contributed by atoms with Crippen molar-refractivity contribution in [2.45, 2.75) is 25.2 Å². The molecule has 1 atom stereocenters. The molecule has 0 fully saturated rings. The Morgan fingerprint density at radius 2 is 2.12 bits per heavy atom. The molecule has 128 valence electrons. The Kier molecular flexibility index (Phi) is 3.90. The lowest BCUT2D eigenvalue weighted by atomic mass is 10.1. The molecular formula is C14H13F4N5O. The zero-order valence-electron chi connectivity index (χ0n) is 12.3. The summed E-state index contributed by atoms with van der Waals surface area (Å²) in [5, 5.41) is 2.49. The predicted octanol–water partition coefficient (Wildman–Crippen LogP) is 2.23. The quantitative estimate of drug-likeness (QED) is 0.834. The highest BCUT2D eigenvalue weighted by Crippen LogP contribution is 2.36. The number of nitrogens with two attached hydrogens (primary N) is 1. The number of carbonyl (C=O) groups is 1. The van der Waals surface area contributed by atoms with Crippen LogP contribution >= 0.6 is 0 Å². The van der Waals surface area contributed by atoms with E-state index in [0.717, 1.165) is 4.57 Å². The van der Waals surface area contributed by atoms with Crippen molar-refractivity contribution in [1.82, 2.24) is 19.9 Å². The van der Waals surface area contributed by atoms with Gasteiger partial charge in [-0.3, -0.25) is 9.18 Å². The van der Waals surface area contributed by atoms with Crippen molar-refractivity contribution in [3.8, 4) is 11.4 Å². The SMILES string of the molecule is Nc1nccc(-c2cc3c(n2CC(F)(F)F)C(CCF)NC3=O)n1. The molecule has 24 heavy (non-hydrogen) atoms. The van der Waals surface area contributed by atoms with Gasteiger partial charge in [-0.1, -0.05) is 0 Å². The maximum Gasteiger partial charge on any atom is 0.406 e. The molecule has 2 aromatic heterocycles. The average molecular weight is 343 g/mol. The minimum Gasteiger partial charge on any atom is -0.368 e. The second-order valence-electron chi connectivity index (χ2n) is 5.33. The second-order valence-corrected chi connectivity index (χ2v) is 5.33. The Hall–Kier alpha value is -2.65. The number of nitrogens with one attached hydrogen (secondary N) is 1. The summed E-state index contributed by atoms with van der Waals surface area (Å²) in [7, 11) is 0. The van der Waals surface area contributed by atoms with Crippen LogP contribution in [0.15, 0.2) is 18.3 Å². The molecule has 6 nitrogen and oxygen atoms in total. The predicted molar refractivity (Wildman–Crippen MR) is 76.7 cm³/mol. The van der Waals surface area contributed by atoms with Crippen molar-refractivity contribution < 1.29 is 22.4 Å². The lowest BCUT2D eigenvalue weighted by molar-refractivity contribution is -0.140. The summed E-state index contributed by atoms with van der Waals surface area (Å²) in [5.74, 6) is -0.634. The van der Waals surface area contributed by atoms with E-state index in [-0.39, 0.29) is 35.0 Å². The number of halogens is 4. The fourth-order valence-electron chi connectivity index (χ4n) is 2.82. The second kappa shape index (κ2) is 5.77. The topological polar surface area (TPSA) is 85.8 Å². The largest absolute Gasteiger partial charge is 0.406 e. The van der Waals surface area contributed by atoms with Crippen LogP contribution in [0.25, 0.3) is 11.4 Å². The zero-order chi connectivity index (χ0) is 17.5. The maximum atomic E-state index is 13.0. The third-order valence-corrected chi connectivity index (χ3v) is 3.69. The molecule has 0 aliphatic carbocycles. The molecule has 0 saturated heterocycles. The number of anilines is 1. The molecule has 1 aliphatic rings. The Morgan fingerprint density at radius 1 is 1.38 bits per heavy atom. The first-order valence-electron chi connectivity index (χ1n) is 7.06. The lowest BCUT2D eigenvalue weighted by Gasteiger charge is -2.18. The van der Waals surface area contributed by atoms with E-state index in [4.69, 9.17) is 5.73 Å². The number of alkyl halides is 4. The molecule has 3 heterocycles. The molecule has 1 amide bonds. The highest BCUT2D eigenvalue weighted by molar-refractivity contribution is 6.00. The van der Waals surface area contributed by atoms with E-state index in [1.807, 2.05) is 0 Å². The number of aromatic nitrogens is 3. The average Bonchev–Trinajstić information content (AvgIpc) is 2.98. The van der Waals surface area contributed by atoms with Crippen LogP contribution in [0.2, 0.25) is 0 Å². The third-order valence-electron chi connectivity index (χ3n) is 3.69. The van der Waals surface area contributed by atoms with Crippen LogP contribution in [0.5, 0.6) is 0 Å². The van der Waals surface area contributed by atoms with Gasteiger partial charge in [-0.15, -0.1) is 0 Å². The molecule has 3 rings (SSSR count). The van der Waals surface area contributed by atoms with Crippen LogP contribution in [0, 0.1) is 0 Å². The number of rotatable bonds is 4. The summed E-state index contributed by atoms with van der Waals surface area (Å²) in [4.78, 5) is 19.6. The normalized spacial score (nSPS) is 17.0. The molecular weight excluding hydrogens is 330 g/mol. The van der Waals surface area contributed by atoms with Crippen LogP contribution in [0.1, 0.15) is 28.5 Å². The summed E-state index contributed by atoms with van der Waals surface area (Å²) in [6.45, 7) is -2.09. The van der Waals surface area contributed by atoms with Gasteiger partial charge in [-0.2, -0.15) is 13.2 Å².